The second-order valence-electron chi connectivity index (χ2n) is 5.43. The van der Waals surface area contributed by atoms with Crippen molar-refractivity contribution in [3.8, 4) is 5.75 Å². The van der Waals surface area contributed by atoms with Crippen LogP contribution in [-0.2, 0) is 17.6 Å². The van der Waals surface area contributed by atoms with Crippen LogP contribution in [0.5, 0.6) is 5.75 Å². The van der Waals surface area contributed by atoms with Crippen molar-refractivity contribution in [1.29, 1.82) is 0 Å². The summed E-state index contributed by atoms with van der Waals surface area (Å²) in [6, 6.07) is 13.5. The van der Waals surface area contributed by atoms with Crippen LogP contribution < -0.4 is 10.1 Å². The van der Waals surface area contributed by atoms with Gasteiger partial charge >= 0.3 is 0 Å². The molecule has 0 atom stereocenters. The minimum atomic E-state index is -0.150. The molecule has 0 aliphatic heterocycles. The summed E-state index contributed by atoms with van der Waals surface area (Å²) >= 11 is 0. The number of nitrogens with zero attached hydrogens (tertiary/aromatic N) is 3. The zero-order valence-electron chi connectivity index (χ0n) is 13.6. The van der Waals surface area contributed by atoms with Crippen molar-refractivity contribution >= 4 is 11.6 Å². The smallest absolute Gasteiger partial charge is 0.257 e. The molecule has 0 saturated heterocycles. The lowest BCUT2D eigenvalue weighted by atomic mass is 10.2. The minimum absolute atomic E-state index is 0.00600. The van der Waals surface area contributed by atoms with E-state index in [4.69, 9.17) is 4.74 Å². The zero-order chi connectivity index (χ0) is 16.8. The molecule has 0 bridgehead atoms. The fraction of sp³-hybridized carbons (Fsp3) is 0.278. The molecule has 0 radical (unpaired) electrons. The van der Waals surface area contributed by atoms with Crippen molar-refractivity contribution in [1.82, 2.24) is 19.9 Å². The highest BCUT2D eigenvalue weighted by Crippen LogP contribution is 2.12. The number of benzene rings is 1. The van der Waals surface area contributed by atoms with Crippen LogP contribution in [0.25, 0.3) is 5.65 Å². The number of rotatable bonds is 7. The Morgan fingerprint density at radius 1 is 1.17 bits per heavy atom. The first-order valence-electron chi connectivity index (χ1n) is 8.03. The topological polar surface area (TPSA) is 68.5 Å². The highest BCUT2D eigenvalue weighted by Gasteiger charge is 2.06. The van der Waals surface area contributed by atoms with Crippen molar-refractivity contribution in [2.24, 2.45) is 0 Å². The lowest BCUT2D eigenvalue weighted by Gasteiger charge is -2.07. The van der Waals surface area contributed by atoms with Crippen molar-refractivity contribution < 1.29 is 9.53 Å². The lowest BCUT2D eigenvalue weighted by Crippen LogP contribution is -2.30. The van der Waals surface area contributed by atoms with Gasteiger partial charge in [0.15, 0.2) is 12.3 Å². The Hall–Kier alpha value is -2.89. The fourth-order valence-corrected chi connectivity index (χ4v) is 2.40. The van der Waals surface area contributed by atoms with Crippen LogP contribution in [-0.4, -0.2) is 33.7 Å². The summed E-state index contributed by atoms with van der Waals surface area (Å²) in [5.74, 6) is 1.37. The van der Waals surface area contributed by atoms with E-state index < -0.39 is 0 Å². The maximum absolute atomic E-state index is 11.9. The Bertz CT molecular complexity index is 811. The van der Waals surface area contributed by atoms with Crippen molar-refractivity contribution in [2.75, 3.05) is 13.2 Å². The molecule has 6 nitrogen and oxygen atoms in total. The molecule has 2 aromatic heterocycles. The molecule has 124 valence electrons. The SMILES string of the molecule is CCc1ccc(OCC(=O)NCCc2nnc3ccccn23)cc1. The summed E-state index contributed by atoms with van der Waals surface area (Å²) in [5.41, 5.74) is 2.05. The number of carbonyl (C=O) groups is 1. The molecule has 0 unspecified atom stereocenters. The summed E-state index contributed by atoms with van der Waals surface area (Å²) in [5, 5.41) is 11.0. The van der Waals surface area contributed by atoms with Crippen LogP contribution in [0.2, 0.25) is 0 Å². The number of carbonyl (C=O) groups excluding carboxylic acids is 1. The molecule has 0 aliphatic carbocycles. The van der Waals surface area contributed by atoms with E-state index in [2.05, 4.69) is 22.4 Å². The summed E-state index contributed by atoms with van der Waals surface area (Å²) in [6.07, 6.45) is 3.51. The second kappa shape index (κ2) is 7.59. The first kappa shape index (κ1) is 16.0. The largest absolute Gasteiger partial charge is 0.484 e. The number of pyridine rings is 1. The Morgan fingerprint density at radius 3 is 2.79 bits per heavy atom. The monoisotopic (exact) mass is 324 g/mol. The first-order chi connectivity index (χ1) is 11.8. The molecule has 0 saturated carbocycles. The first-order valence-corrected chi connectivity index (χ1v) is 8.03. The Morgan fingerprint density at radius 2 is 2.00 bits per heavy atom. The lowest BCUT2D eigenvalue weighted by molar-refractivity contribution is -0.123. The van der Waals surface area contributed by atoms with E-state index in [0.29, 0.717) is 18.7 Å². The van der Waals surface area contributed by atoms with Crippen molar-refractivity contribution in [3.63, 3.8) is 0 Å². The maximum atomic E-state index is 11.9. The summed E-state index contributed by atoms with van der Waals surface area (Å²) in [7, 11) is 0. The van der Waals surface area contributed by atoms with Crippen molar-refractivity contribution in [2.45, 2.75) is 19.8 Å². The van der Waals surface area contributed by atoms with E-state index in [1.54, 1.807) is 0 Å². The predicted octanol–water partition coefficient (Wildman–Crippen LogP) is 2.03. The summed E-state index contributed by atoms with van der Waals surface area (Å²) in [4.78, 5) is 11.9. The maximum Gasteiger partial charge on any atom is 0.257 e. The number of ether oxygens (including phenoxy) is 1. The van der Waals surface area contributed by atoms with Crippen molar-refractivity contribution in [3.05, 3.63) is 60.0 Å². The average Bonchev–Trinajstić information content (AvgIpc) is 3.04. The van der Waals surface area contributed by atoms with Gasteiger partial charge in [0.25, 0.3) is 5.91 Å². The van der Waals surface area contributed by atoms with Gasteiger partial charge in [-0.25, -0.2) is 0 Å². The number of hydrogen-bond donors (Lipinski definition) is 1. The van der Waals surface area contributed by atoms with E-state index in [9.17, 15) is 4.79 Å². The molecule has 0 aliphatic rings. The van der Waals surface area contributed by atoms with Crippen LogP contribution in [0.4, 0.5) is 0 Å². The quantitative estimate of drug-likeness (QED) is 0.722. The van der Waals surface area contributed by atoms with Gasteiger partial charge in [-0.2, -0.15) is 0 Å². The van der Waals surface area contributed by atoms with Gasteiger partial charge in [0.1, 0.15) is 11.6 Å². The molecule has 0 spiro atoms. The minimum Gasteiger partial charge on any atom is -0.484 e. The van der Waals surface area contributed by atoms with Gasteiger partial charge in [-0.1, -0.05) is 25.1 Å². The van der Waals surface area contributed by atoms with Crippen LogP contribution in [0.15, 0.2) is 48.7 Å². The molecular formula is C18H20N4O2. The predicted molar refractivity (Wildman–Crippen MR) is 91.0 cm³/mol. The number of amides is 1. The zero-order valence-corrected chi connectivity index (χ0v) is 13.6. The van der Waals surface area contributed by atoms with Gasteiger partial charge in [0.2, 0.25) is 0 Å². The van der Waals surface area contributed by atoms with Gasteiger partial charge in [0, 0.05) is 19.2 Å². The van der Waals surface area contributed by atoms with Crippen LogP contribution in [0.1, 0.15) is 18.3 Å². The molecule has 6 heteroatoms. The third kappa shape index (κ3) is 3.90. The van der Waals surface area contributed by atoms with E-state index in [0.717, 1.165) is 17.9 Å². The van der Waals surface area contributed by atoms with Gasteiger partial charge < -0.3 is 10.1 Å². The van der Waals surface area contributed by atoms with Gasteiger partial charge in [-0.15, -0.1) is 10.2 Å². The summed E-state index contributed by atoms with van der Waals surface area (Å²) < 4.78 is 7.39. The third-order valence-electron chi connectivity index (χ3n) is 3.76. The highest BCUT2D eigenvalue weighted by atomic mass is 16.5. The molecule has 1 aromatic carbocycles. The average molecular weight is 324 g/mol. The molecule has 1 N–H and O–H groups in total. The molecule has 24 heavy (non-hydrogen) atoms. The van der Waals surface area contributed by atoms with Crippen LogP contribution >= 0.6 is 0 Å². The van der Waals surface area contributed by atoms with Crippen LogP contribution in [0, 0.1) is 0 Å². The van der Waals surface area contributed by atoms with Gasteiger partial charge in [-0.05, 0) is 36.2 Å². The molecule has 0 fully saturated rings. The second-order valence-corrected chi connectivity index (χ2v) is 5.43. The normalized spacial score (nSPS) is 10.7. The molecule has 3 aromatic rings. The van der Waals surface area contributed by atoms with E-state index in [-0.39, 0.29) is 12.5 Å². The van der Waals surface area contributed by atoms with Gasteiger partial charge in [0.05, 0.1) is 0 Å². The molecule has 2 heterocycles. The molecule has 3 rings (SSSR count). The summed E-state index contributed by atoms with van der Waals surface area (Å²) in [6.45, 7) is 2.60. The number of hydrogen-bond acceptors (Lipinski definition) is 4. The number of fused-ring (bicyclic) bond motifs is 1. The standard InChI is InChI=1S/C18H20N4O2/c1-2-14-6-8-15(9-7-14)24-13-18(23)19-11-10-17-21-20-16-5-3-4-12-22(16)17/h3-9,12H,2,10-11,13H2,1H3,(H,19,23). The van der Waals surface area contributed by atoms with Gasteiger partial charge in [-0.3, -0.25) is 9.20 Å². The van der Waals surface area contributed by atoms with Crippen LogP contribution in [0.3, 0.4) is 0 Å². The van der Waals surface area contributed by atoms with E-state index >= 15 is 0 Å². The third-order valence-corrected chi connectivity index (χ3v) is 3.76. The van der Waals surface area contributed by atoms with E-state index in [1.807, 2.05) is 53.1 Å². The molecule has 1 amide bonds. The number of aryl methyl sites for hydroxylation is 1. The Balaban J connectivity index is 1.44. The van der Waals surface area contributed by atoms with E-state index in [1.165, 1.54) is 5.56 Å². The molecular weight excluding hydrogens is 304 g/mol. The fourth-order valence-electron chi connectivity index (χ4n) is 2.40. The Kier molecular flexibility index (Phi) is 5.05. The number of aromatic nitrogens is 3. The Labute approximate surface area is 140 Å². The number of nitrogens with one attached hydrogen (secondary N) is 1. The highest BCUT2D eigenvalue weighted by molar-refractivity contribution is 5.77.